The Morgan fingerprint density at radius 3 is 2.50 bits per heavy atom. The van der Waals surface area contributed by atoms with Crippen LogP contribution in [-0.2, 0) is 14.3 Å². The first-order chi connectivity index (χ1) is 16.4. The van der Waals surface area contributed by atoms with Gasteiger partial charge in [0.2, 0.25) is 0 Å². The fourth-order valence-electron chi connectivity index (χ4n) is 3.65. The molecule has 0 unspecified atom stereocenters. The summed E-state index contributed by atoms with van der Waals surface area (Å²) in [7, 11) is 0. The molecule has 34 heavy (non-hydrogen) atoms. The lowest BCUT2D eigenvalue weighted by Crippen LogP contribution is -2.29. The molecule has 1 amide bonds. The second-order valence-electron chi connectivity index (χ2n) is 7.27. The van der Waals surface area contributed by atoms with E-state index in [0.29, 0.717) is 28.5 Å². The first-order valence-electron chi connectivity index (χ1n) is 10.6. The molecule has 4 rings (SSSR count). The maximum atomic E-state index is 13.2. The summed E-state index contributed by atoms with van der Waals surface area (Å²) in [6.45, 7) is 5.90. The molecule has 1 aliphatic rings. The van der Waals surface area contributed by atoms with Crippen LogP contribution in [0.5, 0.6) is 5.75 Å². The Kier molecular flexibility index (Phi) is 6.80. The molecule has 1 aromatic carbocycles. The van der Waals surface area contributed by atoms with Crippen LogP contribution in [0.1, 0.15) is 45.7 Å². The van der Waals surface area contributed by atoms with E-state index in [2.05, 4.69) is 4.98 Å². The summed E-state index contributed by atoms with van der Waals surface area (Å²) in [6.07, 6.45) is 0. The molecule has 0 spiro atoms. The average molecular weight is 499 g/mol. The van der Waals surface area contributed by atoms with E-state index in [0.717, 1.165) is 11.3 Å². The number of carbonyl (C=O) groups excluding carboxylic acids is 3. The van der Waals surface area contributed by atoms with Gasteiger partial charge in [0.1, 0.15) is 22.4 Å². The molecule has 1 fully saturated rings. The number of thiazole rings is 1. The van der Waals surface area contributed by atoms with Crippen molar-refractivity contribution in [1.29, 1.82) is 0 Å². The van der Waals surface area contributed by atoms with Crippen molar-refractivity contribution in [2.45, 2.75) is 26.8 Å². The monoisotopic (exact) mass is 498 g/mol. The number of nitrogens with zero attached hydrogens (tertiary/aromatic N) is 2. The van der Waals surface area contributed by atoms with Gasteiger partial charge in [0.05, 0.1) is 24.5 Å². The maximum Gasteiger partial charge on any atom is 0.350 e. The second-order valence-corrected chi connectivity index (χ2v) is 9.23. The van der Waals surface area contributed by atoms with Crippen LogP contribution in [0, 0.1) is 6.92 Å². The van der Waals surface area contributed by atoms with E-state index >= 15 is 0 Å². The Hall–Kier alpha value is -3.50. The summed E-state index contributed by atoms with van der Waals surface area (Å²) in [6, 6.07) is 9.33. The zero-order valence-corrected chi connectivity index (χ0v) is 20.4. The number of aryl methyl sites for hydroxylation is 1. The summed E-state index contributed by atoms with van der Waals surface area (Å²) in [5, 5.41) is 13.1. The number of Topliss-reactive ketones (excluding diaryl/α,β-unsaturated/α-hetero) is 1. The molecule has 0 aliphatic carbocycles. The molecule has 0 bridgehead atoms. The lowest BCUT2D eigenvalue weighted by Gasteiger charge is -2.21. The van der Waals surface area contributed by atoms with Crippen LogP contribution in [0.25, 0.3) is 5.76 Å². The van der Waals surface area contributed by atoms with Crippen molar-refractivity contribution in [2.24, 2.45) is 0 Å². The number of benzene rings is 1. The van der Waals surface area contributed by atoms with Crippen LogP contribution in [0.3, 0.4) is 0 Å². The Balaban J connectivity index is 1.83. The van der Waals surface area contributed by atoms with E-state index in [1.54, 1.807) is 50.2 Å². The minimum atomic E-state index is -0.882. The fraction of sp³-hybridized carbons (Fsp3) is 0.250. The normalized spacial score (nSPS) is 17.3. The van der Waals surface area contributed by atoms with E-state index in [1.807, 2.05) is 12.3 Å². The van der Waals surface area contributed by atoms with E-state index < -0.39 is 23.7 Å². The van der Waals surface area contributed by atoms with E-state index in [-0.39, 0.29) is 27.9 Å². The number of amides is 1. The number of ether oxygens (including phenoxy) is 2. The number of aliphatic hydroxyl groups is 1. The lowest BCUT2D eigenvalue weighted by molar-refractivity contribution is -0.132. The molecule has 3 aromatic rings. The van der Waals surface area contributed by atoms with Crippen molar-refractivity contribution in [3.05, 3.63) is 68.4 Å². The highest BCUT2D eigenvalue weighted by atomic mass is 32.1. The van der Waals surface area contributed by atoms with Crippen LogP contribution in [-0.4, -0.2) is 41.0 Å². The van der Waals surface area contributed by atoms with Gasteiger partial charge in [-0.2, -0.15) is 0 Å². The SMILES string of the molecule is CCOC(=O)c1sc(N2C(=O)C(=O)C(=C(O)c3ccc(OCC)cc3)[C@H]2c2cccs2)nc1C. The Morgan fingerprint density at radius 1 is 1.15 bits per heavy atom. The number of aliphatic hydroxyl groups excluding tert-OH is 1. The average Bonchev–Trinajstić information content (AvgIpc) is 3.53. The van der Waals surface area contributed by atoms with Crippen LogP contribution in [0.2, 0.25) is 0 Å². The largest absolute Gasteiger partial charge is 0.507 e. The standard InChI is InChI=1S/C24H22N2O6S2/c1-4-31-15-10-8-14(9-11-15)19(27)17-18(16-7-6-12-33-16)26(22(29)20(17)28)24-25-13(3)21(34-24)23(30)32-5-2/h6-12,18,27H,4-5H2,1-3H3/t18-/m1/s1. The minimum absolute atomic E-state index is 0.0397. The van der Waals surface area contributed by atoms with E-state index in [4.69, 9.17) is 9.47 Å². The van der Waals surface area contributed by atoms with Crippen LogP contribution < -0.4 is 9.64 Å². The molecule has 1 saturated heterocycles. The topological polar surface area (TPSA) is 106 Å². The van der Waals surface area contributed by atoms with Gasteiger partial charge in [0, 0.05) is 10.4 Å². The van der Waals surface area contributed by atoms with Crippen molar-refractivity contribution in [1.82, 2.24) is 4.98 Å². The minimum Gasteiger partial charge on any atom is -0.507 e. The summed E-state index contributed by atoms with van der Waals surface area (Å²) < 4.78 is 10.5. The molecule has 8 nitrogen and oxygen atoms in total. The maximum absolute atomic E-state index is 13.2. The van der Waals surface area contributed by atoms with Crippen molar-refractivity contribution in [3.8, 4) is 5.75 Å². The predicted molar refractivity (Wildman–Crippen MR) is 130 cm³/mol. The third kappa shape index (κ3) is 4.22. The van der Waals surface area contributed by atoms with Gasteiger partial charge in [-0.05, 0) is 56.5 Å². The van der Waals surface area contributed by atoms with Gasteiger partial charge >= 0.3 is 11.9 Å². The predicted octanol–water partition coefficient (Wildman–Crippen LogP) is 4.71. The molecular formula is C24H22N2O6S2. The quantitative estimate of drug-likeness (QED) is 0.218. The molecule has 2 aromatic heterocycles. The van der Waals surface area contributed by atoms with Crippen molar-refractivity contribution >= 4 is 51.2 Å². The molecule has 0 radical (unpaired) electrons. The van der Waals surface area contributed by atoms with E-state index in [1.165, 1.54) is 16.2 Å². The fourth-order valence-corrected chi connectivity index (χ4v) is 5.46. The van der Waals surface area contributed by atoms with E-state index in [9.17, 15) is 19.5 Å². The van der Waals surface area contributed by atoms with Gasteiger partial charge in [0.15, 0.2) is 5.13 Å². The number of anilines is 1. The zero-order valence-electron chi connectivity index (χ0n) is 18.7. The molecule has 1 N–H and O–H groups in total. The summed E-state index contributed by atoms with van der Waals surface area (Å²) >= 11 is 2.33. The number of hydrogen-bond donors (Lipinski definition) is 1. The Morgan fingerprint density at radius 2 is 1.88 bits per heavy atom. The summed E-state index contributed by atoms with van der Waals surface area (Å²) in [4.78, 5) is 45.2. The molecule has 1 atom stereocenters. The number of rotatable bonds is 7. The number of thiophene rings is 1. The van der Waals surface area contributed by atoms with Crippen molar-refractivity contribution in [2.75, 3.05) is 18.1 Å². The molecular weight excluding hydrogens is 476 g/mol. The third-order valence-electron chi connectivity index (χ3n) is 5.15. The van der Waals surface area contributed by atoms with Crippen LogP contribution >= 0.6 is 22.7 Å². The number of ketones is 1. The van der Waals surface area contributed by atoms with Gasteiger partial charge in [-0.3, -0.25) is 14.5 Å². The number of carbonyl (C=O) groups is 3. The first kappa shape index (κ1) is 23.7. The van der Waals surface area contributed by atoms with Crippen molar-refractivity contribution in [3.63, 3.8) is 0 Å². The molecule has 1 aliphatic heterocycles. The van der Waals surface area contributed by atoms with Crippen molar-refractivity contribution < 1.29 is 29.0 Å². The zero-order chi connectivity index (χ0) is 24.4. The van der Waals surface area contributed by atoms with Gasteiger partial charge in [0.25, 0.3) is 5.78 Å². The summed E-state index contributed by atoms with van der Waals surface area (Å²) in [5.41, 5.74) is 0.740. The van der Waals surface area contributed by atoms with Gasteiger partial charge < -0.3 is 14.6 Å². The smallest absolute Gasteiger partial charge is 0.350 e. The molecule has 3 heterocycles. The number of esters is 1. The molecule has 10 heteroatoms. The highest BCUT2D eigenvalue weighted by Crippen LogP contribution is 2.45. The van der Waals surface area contributed by atoms with Gasteiger partial charge in [-0.15, -0.1) is 11.3 Å². The van der Waals surface area contributed by atoms with Gasteiger partial charge in [-0.1, -0.05) is 17.4 Å². The number of aromatic nitrogens is 1. The molecule has 176 valence electrons. The first-order valence-corrected chi connectivity index (χ1v) is 12.3. The van der Waals surface area contributed by atoms with Gasteiger partial charge in [-0.25, -0.2) is 9.78 Å². The summed E-state index contributed by atoms with van der Waals surface area (Å²) in [5.74, 6) is -1.85. The molecule has 0 saturated carbocycles. The Labute approximate surface area is 204 Å². The third-order valence-corrected chi connectivity index (χ3v) is 7.21. The highest BCUT2D eigenvalue weighted by Gasteiger charge is 2.48. The Bertz CT molecular complexity index is 1260. The highest BCUT2D eigenvalue weighted by molar-refractivity contribution is 7.18. The number of hydrogen-bond acceptors (Lipinski definition) is 9. The van der Waals surface area contributed by atoms with Crippen LogP contribution in [0.15, 0.2) is 47.4 Å². The lowest BCUT2D eigenvalue weighted by atomic mass is 10.00. The second kappa shape index (κ2) is 9.78. The van der Waals surface area contributed by atoms with Crippen LogP contribution in [0.4, 0.5) is 5.13 Å².